The Bertz CT molecular complexity index is 342. The maximum Gasteiger partial charge on any atom is 0.145 e. The normalized spacial score (nSPS) is 11.4. The highest BCUT2D eigenvalue weighted by Crippen LogP contribution is 2.19. The molecule has 0 spiro atoms. The Balaban J connectivity index is 3.01. The largest absolute Gasteiger partial charge is 0.239 e. The van der Waals surface area contributed by atoms with Gasteiger partial charge in [0, 0.05) is 12.4 Å². The number of aromatic nitrogens is 2. The topological polar surface area (TPSA) is 25.8 Å². The zero-order chi connectivity index (χ0) is 10.8. The molecule has 0 aromatic carbocycles. The number of hydrogen-bond acceptors (Lipinski definition) is 2. The van der Waals surface area contributed by atoms with Gasteiger partial charge in [-0.1, -0.05) is 19.8 Å². The van der Waals surface area contributed by atoms with E-state index in [0.29, 0.717) is 11.7 Å². The highest BCUT2D eigenvalue weighted by atomic mass is 14.9. The molecule has 1 rings (SSSR count). The quantitative estimate of drug-likeness (QED) is 0.666. The summed E-state index contributed by atoms with van der Waals surface area (Å²) in [5.74, 6) is 3.85. The van der Waals surface area contributed by atoms with Crippen LogP contribution in [-0.4, -0.2) is 9.97 Å². The molecule has 1 aromatic heterocycles. The zero-order valence-electron chi connectivity index (χ0n) is 9.20. The Morgan fingerprint density at radius 2 is 1.79 bits per heavy atom. The van der Waals surface area contributed by atoms with Gasteiger partial charge in [-0.15, -0.1) is 6.42 Å². The summed E-state index contributed by atoms with van der Waals surface area (Å²) < 4.78 is 0. The van der Waals surface area contributed by atoms with E-state index in [4.69, 9.17) is 6.42 Å². The van der Waals surface area contributed by atoms with E-state index >= 15 is 0 Å². The van der Waals surface area contributed by atoms with E-state index in [1.807, 2.05) is 26.2 Å². The van der Waals surface area contributed by atoms with Crippen LogP contribution in [0.3, 0.4) is 0 Å². The van der Waals surface area contributed by atoms with Gasteiger partial charge in [-0.2, -0.15) is 0 Å². The minimum absolute atomic E-state index is 0.379. The lowest BCUT2D eigenvalue weighted by Gasteiger charge is -2.15. The molecule has 0 fully saturated rings. The fraction of sp³-hybridized carbons (Fsp3) is 0.500. The summed E-state index contributed by atoms with van der Waals surface area (Å²) in [6.07, 6.45) is 9.11. The fourth-order valence-corrected chi connectivity index (χ4v) is 1.02. The van der Waals surface area contributed by atoms with Gasteiger partial charge in [-0.25, -0.2) is 9.97 Å². The van der Waals surface area contributed by atoms with Crippen LogP contribution in [0.1, 0.15) is 45.0 Å². The molecule has 0 aliphatic carbocycles. The van der Waals surface area contributed by atoms with E-state index in [-0.39, 0.29) is 5.41 Å². The molecule has 0 saturated heterocycles. The molecule has 0 unspecified atom stereocenters. The molecule has 0 aliphatic rings. The Hall–Kier alpha value is -1.36. The smallest absolute Gasteiger partial charge is 0.145 e. The van der Waals surface area contributed by atoms with E-state index in [0.717, 1.165) is 5.56 Å². The van der Waals surface area contributed by atoms with Crippen LogP contribution in [0.2, 0.25) is 0 Å². The summed E-state index contributed by atoms with van der Waals surface area (Å²) in [5.41, 5.74) is 0.761. The van der Waals surface area contributed by atoms with Crippen molar-refractivity contribution in [2.24, 2.45) is 0 Å². The molecule has 2 heteroatoms. The first-order chi connectivity index (χ1) is 6.47. The maximum absolute atomic E-state index is 5.41. The van der Waals surface area contributed by atoms with Crippen LogP contribution in [0.15, 0.2) is 12.4 Å². The highest BCUT2D eigenvalue weighted by molar-refractivity contribution is 5.21. The van der Waals surface area contributed by atoms with E-state index in [1.54, 1.807) is 0 Å². The molecule has 0 atom stereocenters. The van der Waals surface area contributed by atoms with Crippen LogP contribution in [0, 0.1) is 12.3 Å². The molecule has 0 N–H and O–H groups in total. The summed E-state index contributed by atoms with van der Waals surface area (Å²) in [4.78, 5) is 8.58. The lowest BCUT2D eigenvalue weighted by atomic mass is 9.93. The second kappa shape index (κ2) is 3.79. The minimum Gasteiger partial charge on any atom is -0.239 e. The Morgan fingerprint density at radius 3 is 2.14 bits per heavy atom. The molecular weight excluding hydrogens is 172 g/mol. The number of hydrogen-bond donors (Lipinski definition) is 0. The third-order valence-corrected chi connectivity index (χ3v) is 2.26. The molecule has 2 nitrogen and oxygen atoms in total. The monoisotopic (exact) mass is 188 g/mol. The van der Waals surface area contributed by atoms with E-state index in [2.05, 4.69) is 29.7 Å². The van der Waals surface area contributed by atoms with Crippen LogP contribution in [0.4, 0.5) is 0 Å². The molecule has 0 aliphatic heterocycles. The van der Waals surface area contributed by atoms with Crippen molar-refractivity contribution < 1.29 is 0 Å². The predicted octanol–water partition coefficient (Wildman–Crippen LogP) is 2.51. The fourth-order valence-electron chi connectivity index (χ4n) is 1.02. The van der Waals surface area contributed by atoms with Gasteiger partial charge < -0.3 is 0 Å². The summed E-state index contributed by atoms with van der Waals surface area (Å²) in [7, 11) is 0. The van der Waals surface area contributed by atoms with Crippen LogP contribution in [-0.2, 0) is 5.41 Å². The highest BCUT2D eigenvalue weighted by Gasteiger charge is 2.20. The van der Waals surface area contributed by atoms with Gasteiger partial charge in [0.15, 0.2) is 0 Å². The molecule has 0 bridgehead atoms. The van der Waals surface area contributed by atoms with Crippen molar-refractivity contribution >= 4 is 0 Å². The Labute approximate surface area is 85.8 Å². The Morgan fingerprint density at radius 1 is 1.29 bits per heavy atom. The first-order valence-electron chi connectivity index (χ1n) is 4.77. The van der Waals surface area contributed by atoms with Gasteiger partial charge in [0.1, 0.15) is 5.82 Å². The van der Waals surface area contributed by atoms with Crippen molar-refractivity contribution in [3.63, 3.8) is 0 Å². The van der Waals surface area contributed by atoms with Crippen LogP contribution < -0.4 is 0 Å². The minimum atomic E-state index is -0.379. The second-order valence-corrected chi connectivity index (χ2v) is 4.26. The van der Waals surface area contributed by atoms with Crippen LogP contribution >= 0.6 is 0 Å². The lowest BCUT2D eigenvalue weighted by Crippen LogP contribution is -2.18. The molecule has 1 heterocycles. The summed E-state index contributed by atoms with van der Waals surface area (Å²) in [6.45, 7) is 8.12. The van der Waals surface area contributed by atoms with Crippen molar-refractivity contribution in [2.75, 3.05) is 0 Å². The zero-order valence-corrected chi connectivity index (χ0v) is 9.20. The predicted molar refractivity (Wildman–Crippen MR) is 58.0 cm³/mol. The van der Waals surface area contributed by atoms with Gasteiger partial charge >= 0.3 is 0 Å². The summed E-state index contributed by atoms with van der Waals surface area (Å²) in [6, 6.07) is 0. The average Bonchev–Trinajstić information content (AvgIpc) is 2.18. The molecule has 0 saturated carbocycles. The van der Waals surface area contributed by atoms with E-state index in [1.165, 1.54) is 0 Å². The summed E-state index contributed by atoms with van der Waals surface area (Å²) >= 11 is 0. The standard InChI is InChI=1S/C12H16N2/c1-6-12(4,5)11-13-7-10(8-14-11)9(2)3/h1,7-9H,2-5H3. The number of terminal acetylenes is 1. The Kier molecular flexibility index (Phi) is 2.90. The van der Waals surface area contributed by atoms with Crippen LogP contribution in [0.25, 0.3) is 0 Å². The van der Waals surface area contributed by atoms with Gasteiger partial charge in [-0.3, -0.25) is 0 Å². The van der Waals surface area contributed by atoms with Crippen molar-refractivity contribution in [1.82, 2.24) is 9.97 Å². The summed E-state index contributed by atoms with van der Waals surface area (Å²) in [5, 5.41) is 0. The van der Waals surface area contributed by atoms with E-state index in [9.17, 15) is 0 Å². The van der Waals surface area contributed by atoms with Crippen molar-refractivity contribution in [2.45, 2.75) is 39.0 Å². The SMILES string of the molecule is C#CC(C)(C)c1ncc(C(C)C)cn1. The van der Waals surface area contributed by atoms with E-state index < -0.39 is 0 Å². The number of rotatable bonds is 2. The third kappa shape index (κ3) is 2.11. The lowest BCUT2D eigenvalue weighted by molar-refractivity contribution is 0.633. The third-order valence-electron chi connectivity index (χ3n) is 2.26. The van der Waals surface area contributed by atoms with Gasteiger partial charge in [0.05, 0.1) is 5.41 Å². The molecule has 74 valence electrons. The molecule has 0 amide bonds. The first kappa shape index (κ1) is 10.7. The van der Waals surface area contributed by atoms with Gasteiger partial charge in [-0.05, 0) is 25.3 Å². The van der Waals surface area contributed by atoms with Gasteiger partial charge in [0.25, 0.3) is 0 Å². The van der Waals surface area contributed by atoms with Crippen LogP contribution in [0.5, 0.6) is 0 Å². The maximum atomic E-state index is 5.41. The molecule has 14 heavy (non-hydrogen) atoms. The molecular formula is C12H16N2. The number of nitrogens with zero attached hydrogens (tertiary/aromatic N) is 2. The van der Waals surface area contributed by atoms with Crippen molar-refractivity contribution in [3.8, 4) is 12.3 Å². The first-order valence-corrected chi connectivity index (χ1v) is 4.77. The average molecular weight is 188 g/mol. The molecule has 1 aromatic rings. The molecule has 0 radical (unpaired) electrons. The van der Waals surface area contributed by atoms with Crippen molar-refractivity contribution in [1.29, 1.82) is 0 Å². The van der Waals surface area contributed by atoms with Crippen molar-refractivity contribution in [3.05, 3.63) is 23.8 Å². The van der Waals surface area contributed by atoms with Gasteiger partial charge in [0.2, 0.25) is 0 Å². The second-order valence-electron chi connectivity index (χ2n) is 4.26.